The van der Waals surface area contributed by atoms with Crippen LogP contribution in [-0.4, -0.2) is 25.4 Å². The first kappa shape index (κ1) is 11.8. The van der Waals surface area contributed by atoms with E-state index in [1.54, 1.807) is 0 Å². The summed E-state index contributed by atoms with van der Waals surface area (Å²) in [6.45, 7) is 4.14. The first-order valence-corrected chi connectivity index (χ1v) is 6.24. The number of imidazole rings is 2. The molecule has 0 aliphatic carbocycles. The minimum Gasteiger partial charge on any atom is -0.481 e. The molecule has 2 N–H and O–H groups in total. The molecule has 0 amide bonds. The van der Waals surface area contributed by atoms with Crippen molar-refractivity contribution in [3.8, 4) is 0 Å². The Balaban J connectivity index is 2.10. The Kier molecular flexibility index (Phi) is 2.55. The number of carbonyl (C=O) groups is 1. The highest BCUT2D eigenvalue weighted by Crippen LogP contribution is 2.22. The lowest BCUT2D eigenvalue weighted by Gasteiger charge is -1.99. The molecule has 2 aromatic heterocycles. The first-order valence-electron chi connectivity index (χ1n) is 6.24. The van der Waals surface area contributed by atoms with Gasteiger partial charge in [0, 0.05) is 11.9 Å². The Morgan fingerprint density at radius 3 is 2.95 bits per heavy atom. The van der Waals surface area contributed by atoms with Crippen molar-refractivity contribution in [2.45, 2.75) is 26.7 Å². The predicted molar refractivity (Wildman–Crippen MR) is 72.5 cm³/mol. The van der Waals surface area contributed by atoms with Crippen LogP contribution in [0, 0.1) is 13.8 Å². The van der Waals surface area contributed by atoms with E-state index in [0.717, 1.165) is 22.5 Å². The fourth-order valence-electron chi connectivity index (χ4n) is 2.32. The molecule has 0 saturated heterocycles. The van der Waals surface area contributed by atoms with Crippen molar-refractivity contribution in [3.63, 3.8) is 0 Å². The van der Waals surface area contributed by atoms with E-state index in [9.17, 15) is 4.79 Å². The van der Waals surface area contributed by atoms with E-state index in [4.69, 9.17) is 5.11 Å². The van der Waals surface area contributed by atoms with Crippen LogP contribution < -0.4 is 0 Å². The molecule has 0 spiro atoms. The number of carboxylic acid groups (broad SMARTS) is 1. The molecule has 3 aromatic rings. The molecule has 0 fully saturated rings. The minimum absolute atomic E-state index is 0.125. The van der Waals surface area contributed by atoms with Crippen LogP contribution in [0.25, 0.3) is 16.8 Å². The number of nitrogens with zero attached hydrogens (tertiary/aromatic N) is 2. The van der Waals surface area contributed by atoms with Crippen molar-refractivity contribution in [1.82, 2.24) is 14.4 Å². The lowest BCUT2D eigenvalue weighted by molar-refractivity contribution is -0.136. The zero-order valence-corrected chi connectivity index (χ0v) is 10.9. The van der Waals surface area contributed by atoms with Crippen molar-refractivity contribution in [1.29, 1.82) is 0 Å². The van der Waals surface area contributed by atoms with E-state index in [2.05, 4.69) is 29.9 Å². The molecule has 0 unspecified atom stereocenters. The van der Waals surface area contributed by atoms with Crippen molar-refractivity contribution < 1.29 is 9.90 Å². The number of hydrogen-bond donors (Lipinski definition) is 2. The zero-order valence-electron chi connectivity index (χ0n) is 10.9. The van der Waals surface area contributed by atoms with Crippen LogP contribution in [-0.2, 0) is 11.2 Å². The summed E-state index contributed by atoms with van der Waals surface area (Å²) in [7, 11) is 0. The highest BCUT2D eigenvalue weighted by Gasteiger charge is 2.11. The summed E-state index contributed by atoms with van der Waals surface area (Å²) in [5.74, 6) is -0.0207. The number of benzene rings is 1. The quantitative estimate of drug-likeness (QED) is 0.757. The summed E-state index contributed by atoms with van der Waals surface area (Å²) in [6, 6.07) is 4.13. The average Bonchev–Trinajstić information content (AvgIpc) is 2.89. The van der Waals surface area contributed by atoms with Crippen molar-refractivity contribution in [2.75, 3.05) is 0 Å². The fourth-order valence-corrected chi connectivity index (χ4v) is 2.32. The first-order chi connectivity index (χ1) is 9.06. The number of hydrogen-bond acceptors (Lipinski definition) is 2. The van der Waals surface area contributed by atoms with Crippen molar-refractivity contribution >= 4 is 22.8 Å². The number of nitrogens with one attached hydrogen (secondary N) is 1. The molecule has 0 saturated carbocycles. The van der Waals surface area contributed by atoms with Gasteiger partial charge in [-0.1, -0.05) is 6.07 Å². The predicted octanol–water partition coefficient (Wildman–Crippen LogP) is 2.45. The van der Waals surface area contributed by atoms with E-state index in [1.165, 1.54) is 11.1 Å². The number of H-pyrrole nitrogens is 1. The van der Waals surface area contributed by atoms with Crippen LogP contribution in [0.1, 0.15) is 23.2 Å². The third kappa shape index (κ3) is 1.87. The molecule has 5 nitrogen and oxygen atoms in total. The average molecular weight is 257 g/mol. The summed E-state index contributed by atoms with van der Waals surface area (Å²) >= 11 is 0. The minimum atomic E-state index is -0.788. The molecule has 0 bridgehead atoms. The molecular weight excluding hydrogens is 242 g/mol. The van der Waals surface area contributed by atoms with Crippen LogP contribution in [0.4, 0.5) is 0 Å². The number of rotatable bonds is 3. The van der Waals surface area contributed by atoms with Gasteiger partial charge in [0.25, 0.3) is 0 Å². The van der Waals surface area contributed by atoms with Crippen LogP contribution >= 0.6 is 0 Å². The lowest BCUT2D eigenvalue weighted by atomic mass is 10.1. The Morgan fingerprint density at radius 1 is 1.42 bits per heavy atom. The number of fused-ring (bicyclic) bond motifs is 3. The van der Waals surface area contributed by atoms with Gasteiger partial charge in [0.05, 0.1) is 17.5 Å². The van der Waals surface area contributed by atoms with Crippen LogP contribution in [0.3, 0.4) is 0 Å². The summed E-state index contributed by atoms with van der Waals surface area (Å²) in [5, 5.41) is 8.70. The Hall–Kier alpha value is -2.30. The highest BCUT2D eigenvalue weighted by atomic mass is 16.4. The second-order valence-electron chi connectivity index (χ2n) is 4.85. The molecule has 2 heterocycles. The van der Waals surface area contributed by atoms with E-state index < -0.39 is 5.97 Å². The normalized spacial score (nSPS) is 11.5. The van der Waals surface area contributed by atoms with E-state index in [-0.39, 0.29) is 6.42 Å². The number of aryl methyl sites for hydroxylation is 3. The Labute approximate surface area is 109 Å². The number of aromatic nitrogens is 3. The van der Waals surface area contributed by atoms with Gasteiger partial charge in [-0.3, -0.25) is 9.20 Å². The monoisotopic (exact) mass is 257 g/mol. The van der Waals surface area contributed by atoms with Gasteiger partial charge >= 0.3 is 5.97 Å². The van der Waals surface area contributed by atoms with E-state index >= 15 is 0 Å². The number of aliphatic carboxylic acids is 1. The molecule has 1 aromatic carbocycles. The summed E-state index contributed by atoms with van der Waals surface area (Å²) < 4.78 is 1.99. The fraction of sp³-hybridized carbons (Fsp3) is 0.286. The van der Waals surface area contributed by atoms with Gasteiger partial charge < -0.3 is 10.1 Å². The zero-order chi connectivity index (χ0) is 13.6. The molecule has 0 atom stereocenters. The van der Waals surface area contributed by atoms with Gasteiger partial charge in [-0.15, -0.1) is 0 Å². The Morgan fingerprint density at radius 2 is 2.21 bits per heavy atom. The second-order valence-corrected chi connectivity index (χ2v) is 4.85. The maximum Gasteiger partial charge on any atom is 0.303 e. The number of aromatic amines is 1. The smallest absolute Gasteiger partial charge is 0.303 e. The number of carboxylic acids is 1. The van der Waals surface area contributed by atoms with Gasteiger partial charge in [-0.05, 0) is 37.5 Å². The lowest BCUT2D eigenvalue weighted by Crippen LogP contribution is -1.97. The van der Waals surface area contributed by atoms with E-state index in [1.807, 2.05) is 16.7 Å². The second kappa shape index (κ2) is 4.12. The van der Waals surface area contributed by atoms with Crippen molar-refractivity contribution in [3.05, 3.63) is 35.2 Å². The maximum absolute atomic E-state index is 10.6. The molecule has 0 aliphatic rings. The van der Waals surface area contributed by atoms with Crippen LogP contribution in [0.15, 0.2) is 18.3 Å². The van der Waals surface area contributed by atoms with Gasteiger partial charge in [-0.2, -0.15) is 0 Å². The molecular formula is C14H15N3O2. The third-order valence-corrected chi connectivity index (χ3v) is 3.55. The van der Waals surface area contributed by atoms with E-state index in [0.29, 0.717) is 6.42 Å². The molecule has 3 rings (SSSR count). The van der Waals surface area contributed by atoms with Gasteiger partial charge in [0.2, 0.25) is 5.78 Å². The SMILES string of the molecule is Cc1ccc2c(nc3[nH]c(CCC(=O)O)cn32)c1C. The van der Waals surface area contributed by atoms with Gasteiger partial charge in [0.1, 0.15) is 0 Å². The van der Waals surface area contributed by atoms with Crippen LogP contribution in [0.2, 0.25) is 0 Å². The summed E-state index contributed by atoms with van der Waals surface area (Å²) in [5.41, 5.74) is 5.35. The molecule has 5 heteroatoms. The third-order valence-electron chi connectivity index (χ3n) is 3.55. The van der Waals surface area contributed by atoms with Gasteiger partial charge in [-0.25, -0.2) is 4.98 Å². The molecule has 0 aliphatic heterocycles. The largest absolute Gasteiger partial charge is 0.481 e. The standard InChI is InChI=1S/C14H15N3O2/c1-8-3-5-11-13(9(8)2)16-14-15-10(7-17(11)14)4-6-12(18)19/h3,5,7H,4,6H2,1-2H3,(H,15,16)(H,18,19). The summed E-state index contributed by atoms with van der Waals surface area (Å²) in [4.78, 5) is 18.3. The molecule has 98 valence electrons. The molecule has 19 heavy (non-hydrogen) atoms. The highest BCUT2D eigenvalue weighted by molar-refractivity contribution is 5.83. The topological polar surface area (TPSA) is 70.4 Å². The Bertz CT molecular complexity index is 783. The molecule has 0 radical (unpaired) electrons. The van der Waals surface area contributed by atoms with Crippen molar-refractivity contribution in [2.24, 2.45) is 0 Å². The van der Waals surface area contributed by atoms with Crippen LogP contribution in [0.5, 0.6) is 0 Å². The summed E-state index contributed by atoms with van der Waals surface area (Å²) in [6.07, 6.45) is 2.55. The van der Waals surface area contributed by atoms with Gasteiger partial charge in [0.15, 0.2) is 0 Å². The maximum atomic E-state index is 10.6.